The lowest BCUT2D eigenvalue weighted by molar-refractivity contribution is 0.102. The summed E-state index contributed by atoms with van der Waals surface area (Å²) in [5.41, 5.74) is 8.89. The SMILES string of the molecule is CC.CCCN(CCC(C)C)CC(C)Cn1c(C)c(C)c2cc(Cc3ccc(C(=O)Nc4cc(OC)c(-c5ccc(F)cc5)c(OC)c4)cc3)ccc21. The van der Waals surface area contributed by atoms with E-state index in [0.717, 1.165) is 43.1 Å². The minimum absolute atomic E-state index is 0.235. The first-order valence-corrected chi connectivity index (χ1v) is 19.2. The third-order valence-corrected chi connectivity index (χ3v) is 9.85. The highest BCUT2D eigenvalue weighted by atomic mass is 19.1. The number of hydrogen-bond donors (Lipinski definition) is 1. The smallest absolute Gasteiger partial charge is 0.255 e. The third kappa shape index (κ3) is 10.5. The van der Waals surface area contributed by atoms with E-state index in [1.165, 1.54) is 59.2 Å². The quantitative estimate of drug-likeness (QED) is 0.110. The average Bonchev–Trinajstić information content (AvgIpc) is 3.38. The molecule has 0 bridgehead atoms. The number of carbonyl (C=O) groups is 1. The first kappa shape index (κ1) is 41.1. The van der Waals surface area contributed by atoms with Gasteiger partial charge in [-0.05, 0) is 117 Å². The van der Waals surface area contributed by atoms with Crippen LogP contribution in [0.4, 0.5) is 10.1 Å². The van der Waals surface area contributed by atoms with Crippen LogP contribution >= 0.6 is 0 Å². The van der Waals surface area contributed by atoms with Gasteiger partial charge in [0.05, 0.1) is 19.8 Å². The maximum Gasteiger partial charge on any atom is 0.255 e. The Morgan fingerprint density at radius 2 is 1.47 bits per heavy atom. The fourth-order valence-corrected chi connectivity index (χ4v) is 7.00. The highest BCUT2D eigenvalue weighted by Gasteiger charge is 2.18. The van der Waals surface area contributed by atoms with Crippen LogP contribution in [0.3, 0.4) is 0 Å². The Hall–Kier alpha value is -4.62. The number of amides is 1. The maximum absolute atomic E-state index is 13.6. The van der Waals surface area contributed by atoms with Crippen molar-refractivity contribution in [2.45, 2.75) is 81.2 Å². The molecule has 1 heterocycles. The molecule has 5 rings (SSSR count). The fourth-order valence-electron chi connectivity index (χ4n) is 7.00. The molecule has 0 aliphatic carbocycles. The molecule has 284 valence electrons. The molecule has 1 atom stereocenters. The lowest BCUT2D eigenvalue weighted by Crippen LogP contribution is -2.32. The van der Waals surface area contributed by atoms with Crippen LogP contribution in [-0.4, -0.2) is 49.2 Å². The number of halogens is 1. The highest BCUT2D eigenvalue weighted by molar-refractivity contribution is 6.04. The molecule has 1 N–H and O–H groups in total. The van der Waals surface area contributed by atoms with Crippen molar-refractivity contribution >= 4 is 22.5 Å². The van der Waals surface area contributed by atoms with E-state index >= 15 is 0 Å². The van der Waals surface area contributed by atoms with Crippen molar-refractivity contribution in [3.05, 3.63) is 113 Å². The zero-order valence-corrected chi connectivity index (χ0v) is 33.6. The molecular formula is C46H60FN3O3. The monoisotopic (exact) mass is 721 g/mol. The van der Waals surface area contributed by atoms with E-state index in [1.54, 1.807) is 38.5 Å². The van der Waals surface area contributed by atoms with E-state index < -0.39 is 0 Å². The Bertz CT molecular complexity index is 1900. The van der Waals surface area contributed by atoms with Crippen molar-refractivity contribution in [2.75, 3.05) is 39.2 Å². The van der Waals surface area contributed by atoms with Crippen LogP contribution in [0, 0.1) is 31.5 Å². The Kier molecular flexibility index (Phi) is 15.1. The van der Waals surface area contributed by atoms with E-state index in [1.807, 2.05) is 38.1 Å². The Balaban J connectivity index is 0.00000308. The molecule has 5 aromatic rings. The number of fused-ring (bicyclic) bond motifs is 1. The predicted molar refractivity (Wildman–Crippen MR) is 220 cm³/mol. The number of rotatable bonds is 16. The van der Waals surface area contributed by atoms with Crippen LogP contribution in [0.15, 0.2) is 78.9 Å². The minimum atomic E-state index is -0.324. The van der Waals surface area contributed by atoms with Crippen LogP contribution in [-0.2, 0) is 13.0 Å². The van der Waals surface area contributed by atoms with Gasteiger partial charge in [-0.25, -0.2) is 4.39 Å². The molecule has 6 nitrogen and oxygen atoms in total. The zero-order chi connectivity index (χ0) is 38.7. The average molecular weight is 722 g/mol. The maximum atomic E-state index is 13.6. The van der Waals surface area contributed by atoms with E-state index in [-0.39, 0.29) is 11.7 Å². The van der Waals surface area contributed by atoms with Crippen molar-refractivity contribution in [3.8, 4) is 22.6 Å². The largest absolute Gasteiger partial charge is 0.496 e. The van der Waals surface area contributed by atoms with Crippen LogP contribution in [0.25, 0.3) is 22.0 Å². The molecule has 1 unspecified atom stereocenters. The summed E-state index contributed by atoms with van der Waals surface area (Å²) < 4.78 is 27.4. The van der Waals surface area contributed by atoms with Gasteiger partial charge in [0.2, 0.25) is 0 Å². The van der Waals surface area contributed by atoms with Gasteiger partial charge in [0.25, 0.3) is 5.91 Å². The molecule has 0 fully saturated rings. The van der Waals surface area contributed by atoms with Gasteiger partial charge in [-0.3, -0.25) is 4.79 Å². The Morgan fingerprint density at radius 3 is 2.06 bits per heavy atom. The highest BCUT2D eigenvalue weighted by Crippen LogP contribution is 2.41. The van der Waals surface area contributed by atoms with Crippen molar-refractivity contribution in [3.63, 3.8) is 0 Å². The lowest BCUT2D eigenvalue weighted by atomic mass is 10.0. The lowest BCUT2D eigenvalue weighted by Gasteiger charge is -2.27. The molecule has 53 heavy (non-hydrogen) atoms. The van der Waals surface area contributed by atoms with Gasteiger partial charge in [0.15, 0.2) is 0 Å². The molecule has 0 aliphatic heterocycles. The number of aryl methyl sites for hydroxylation is 1. The molecule has 0 spiro atoms. The number of nitrogens with zero attached hydrogens (tertiary/aromatic N) is 2. The Morgan fingerprint density at radius 1 is 0.849 bits per heavy atom. The van der Waals surface area contributed by atoms with Gasteiger partial charge < -0.3 is 24.3 Å². The Labute approximate surface area is 317 Å². The van der Waals surface area contributed by atoms with Crippen LogP contribution in [0.2, 0.25) is 0 Å². The number of hydrogen-bond acceptors (Lipinski definition) is 4. The molecule has 0 saturated carbocycles. The number of ether oxygens (including phenoxy) is 2. The summed E-state index contributed by atoms with van der Waals surface area (Å²) in [7, 11) is 3.11. The predicted octanol–water partition coefficient (Wildman–Crippen LogP) is 11.3. The molecule has 4 aromatic carbocycles. The van der Waals surface area contributed by atoms with Crippen molar-refractivity contribution in [2.24, 2.45) is 11.8 Å². The molecular weight excluding hydrogens is 662 g/mol. The van der Waals surface area contributed by atoms with Crippen molar-refractivity contribution in [1.29, 1.82) is 0 Å². The second-order valence-electron chi connectivity index (χ2n) is 14.4. The van der Waals surface area contributed by atoms with Gasteiger partial charge in [-0.1, -0.05) is 71.9 Å². The van der Waals surface area contributed by atoms with E-state index in [4.69, 9.17) is 9.47 Å². The number of anilines is 1. The van der Waals surface area contributed by atoms with Gasteiger partial charge in [-0.15, -0.1) is 0 Å². The number of methoxy groups -OCH3 is 2. The van der Waals surface area contributed by atoms with Gasteiger partial charge >= 0.3 is 0 Å². The number of aromatic nitrogens is 1. The summed E-state index contributed by atoms with van der Waals surface area (Å²) in [4.78, 5) is 15.9. The second-order valence-corrected chi connectivity index (χ2v) is 14.4. The van der Waals surface area contributed by atoms with Gasteiger partial charge in [0.1, 0.15) is 17.3 Å². The van der Waals surface area contributed by atoms with Crippen molar-refractivity contribution in [1.82, 2.24) is 9.47 Å². The van der Waals surface area contributed by atoms with Crippen LogP contribution in [0.5, 0.6) is 11.5 Å². The summed E-state index contributed by atoms with van der Waals surface area (Å²) in [5, 5.41) is 4.29. The second kappa shape index (κ2) is 19.5. The summed E-state index contributed by atoms with van der Waals surface area (Å²) in [6.45, 7) is 22.2. The van der Waals surface area contributed by atoms with E-state index in [2.05, 4.69) is 74.5 Å². The number of benzene rings is 4. The molecule has 0 saturated heterocycles. The summed E-state index contributed by atoms with van der Waals surface area (Å²) in [6, 6.07) is 24.2. The summed E-state index contributed by atoms with van der Waals surface area (Å²) in [5.74, 6) is 1.74. The first-order valence-electron chi connectivity index (χ1n) is 19.2. The van der Waals surface area contributed by atoms with Crippen LogP contribution in [0.1, 0.15) is 87.1 Å². The molecule has 0 aliphatic rings. The standard InChI is InChI=1S/C44H54FN3O3.C2H6/c1-9-21-47(22-20-29(2)3)27-30(4)28-48-32(6)31(5)39-24-34(12-19-40(39)48)23-33-10-13-36(14-11-33)44(49)46-38-25-41(50-7)43(42(26-38)51-8)35-15-17-37(45)18-16-35;1-2/h10-19,24-26,29-30H,9,20-23,27-28H2,1-8H3,(H,46,49);1-2H3. The van der Waals surface area contributed by atoms with E-state index in [0.29, 0.717) is 34.2 Å². The number of nitrogens with one attached hydrogen (secondary N) is 1. The topological polar surface area (TPSA) is 55.7 Å². The number of carbonyl (C=O) groups excluding carboxylic acids is 1. The molecule has 1 amide bonds. The summed E-state index contributed by atoms with van der Waals surface area (Å²) in [6.07, 6.45) is 3.21. The molecule has 0 radical (unpaired) electrons. The fraction of sp³-hybridized carbons (Fsp3) is 0.413. The van der Waals surface area contributed by atoms with Gasteiger partial charge in [-0.2, -0.15) is 0 Å². The van der Waals surface area contributed by atoms with Crippen LogP contribution < -0.4 is 14.8 Å². The summed E-state index contributed by atoms with van der Waals surface area (Å²) >= 11 is 0. The molecule has 7 heteroatoms. The minimum Gasteiger partial charge on any atom is -0.496 e. The van der Waals surface area contributed by atoms with Gasteiger partial charge in [0, 0.05) is 53.1 Å². The van der Waals surface area contributed by atoms with Crippen molar-refractivity contribution < 1.29 is 18.7 Å². The normalized spacial score (nSPS) is 11.8. The zero-order valence-electron chi connectivity index (χ0n) is 33.6. The van der Waals surface area contributed by atoms with E-state index in [9.17, 15) is 9.18 Å². The first-order chi connectivity index (χ1) is 25.5. The third-order valence-electron chi connectivity index (χ3n) is 9.85. The molecule has 1 aromatic heterocycles.